The summed E-state index contributed by atoms with van der Waals surface area (Å²) in [5.41, 5.74) is -0.358. The summed E-state index contributed by atoms with van der Waals surface area (Å²) in [5, 5.41) is 2.83. The molecule has 1 aliphatic heterocycles. The maximum atomic E-state index is 12.8. The maximum Gasteiger partial charge on any atom is 0.417 e. The van der Waals surface area contributed by atoms with Gasteiger partial charge in [0.2, 0.25) is 5.91 Å². The summed E-state index contributed by atoms with van der Waals surface area (Å²) in [4.78, 5) is 26.3. The predicted molar refractivity (Wildman–Crippen MR) is 98.6 cm³/mol. The molecule has 0 saturated carbocycles. The largest absolute Gasteiger partial charge is 0.417 e. The molecule has 1 aliphatic rings. The quantitative estimate of drug-likeness (QED) is 0.850. The fourth-order valence-corrected chi connectivity index (χ4v) is 3.33. The Morgan fingerprint density at radius 3 is 2.39 bits per heavy atom. The van der Waals surface area contributed by atoms with Gasteiger partial charge in [0, 0.05) is 37.9 Å². The topological polar surface area (TPSA) is 54.3 Å². The number of piperidine rings is 1. The molecule has 1 saturated heterocycles. The van der Waals surface area contributed by atoms with Crippen molar-refractivity contribution in [3.8, 4) is 0 Å². The van der Waals surface area contributed by atoms with Crippen molar-refractivity contribution in [2.45, 2.75) is 38.1 Å². The summed E-state index contributed by atoms with van der Waals surface area (Å²) < 4.78 is 39.1. The van der Waals surface area contributed by atoms with Crippen LogP contribution in [0.1, 0.15) is 24.0 Å². The van der Waals surface area contributed by atoms with Crippen LogP contribution in [0.25, 0.3) is 0 Å². The van der Waals surface area contributed by atoms with E-state index in [1.165, 1.54) is 5.56 Å². The van der Waals surface area contributed by atoms with Crippen LogP contribution in [-0.4, -0.2) is 34.5 Å². The number of aromatic nitrogens is 1. The number of halogens is 3. The number of likely N-dealkylation sites (tertiary alicyclic amines) is 1. The number of carbonyl (C=O) groups excluding carboxylic acids is 1. The molecule has 0 aliphatic carbocycles. The zero-order chi connectivity index (χ0) is 20.1. The minimum atomic E-state index is -4.56. The van der Waals surface area contributed by atoms with Gasteiger partial charge in [-0.2, -0.15) is 13.2 Å². The van der Waals surface area contributed by atoms with Gasteiger partial charge in [-0.15, -0.1) is 0 Å². The van der Waals surface area contributed by atoms with Crippen molar-refractivity contribution in [2.24, 2.45) is 0 Å². The minimum absolute atomic E-state index is 0.0407. The number of alkyl halides is 3. The molecule has 0 atom stereocenters. The van der Waals surface area contributed by atoms with Crippen molar-refractivity contribution in [2.75, 3.05) is 13.1 Å². The summed E-state index contributed by atoms with van der Waals surface area (Å²) in [6.07, 6.45) is -2.35. The molecule has 1 aromatic heterocycles. The number of rotatable bonds is 5. The Bertz CT molecular complexity index is 857. The van der Waals surface area contributed by atoms with E-state index >= 15 is 0 Å². The Morgan fingerprint density at radius 1 is 1.07 bits per heavy atom. The van der Waals surface area contributed by atoms with Gasteiger partial charge in [0.05, 0.1) is 5.56 Å². The minimum Gasteiger partial charge on any atom is -0.352 e. The molecule has 1 aromatic carbocycles. The van der Waals surface area contributed by atoms with Gasteiger partial charge in [-0.25, -0.2) is 0 Å². The number of carbonyl (C=O) groups is 1. The van der Waals surface area contributed by atoms with Crippen LogP contribution in [0.2, 0.25) is 0 Å². The Labute approximate surface area is 160 Å². The lowest BCUT2D eigenvalue weighted by atomic mass is 10.0. The van der Waals surface area contributed by atoms with Crippen LogP contribution in [-0.2, 0) is 24.1 Å². The van der Waals surface area contributed by atoms with Gasteiger partial charge < -0.3 is 9.88 Å². The number of amides is 1. The van der Waals surface area contributed by atoms with E-state index in [0.717, 1.165) is 49.2 Å². The SMILES string of the molecule is O=C(Cn1cc(C(F)(F)F)ccc1=O)NC1CCN(Cc2ccccc2)CC1. The average molecular weight is 393 g/mol. The first-order valence-electron chi connectivity index (χ1n) is 9.14. The van der Waals surface area contributed by atoms with Crippen LogP contribution in [0, 0.1) is 0 Å². The van der Waals surface area contributed by atoms with Crippen molar-refractivity contribution in [1.82, 2.24) is 14.8 Å². The Morgan fingerprint density at radius 2 is 1.75 bits per heavy atom. The van der Waals surface area contributed by atoms with Gasteiger partial charge in [-0.3, -0.25) is 14.5 Å². The molecule has 1 fully saturated rings. The second-order valence-electron chi connectivity index (χ2n) is 6.99. The normalized spacial score (nSPS) is 16.1. The molecule has 1 amide bonds. The monoisotopic (exact) mass is 393 g/mol. The summed E-state index contributed by atoms with van der Waals surface area (Å²) in [5.74, 6) is -0.456. The first kappa shape index (κ1) is 20.1. The lowest BCUT2D eigenvalue weighted by Crippen LogP contribution is -2.45. The van der Waals surface area contributed by atoms with Gasteiger partial charge in [-0.1, -0.05) is 30.3 Å². The molecule has 0 spiro atoms. The number of nitrogens with zero attached hydrogens (tertiary/aromatic N) is 2. The molecule has 0 radical (unpaired) electrons. The maximum absolute atomic E-state index is 12.8. The second-order valence-corrected chi connectivity index (χ2v) is 6.99. The fourth-order valence-electron chi connectivity index (χ4n) is 3.33. The Hall–Kier alpha value is -2.61. The lowest BCUT2D eigenvalue weighted by molar-refractivity contribution is -0.138. The summed E-state index contributed by atoms with van der Waals surface area (Å²) in [7, 11) is 0. The number of pyridine rings is 1. The fraction of sp³-hybridized carbons (Fsp3) is 0.400. The number of nitrogens with one attached hydrogen (secondary N) is 1. The number of hydrogen-bond donors (Lipinski definition) is 1. The zero-order valence-corrected chi connectivity index (χ0v) is 15.3. The summed E-state index contributed by atoms with van der Waals surface area (Å²) in [6.45, 7) is 2.07. The molecule has 3 rings (SSSR count). The number of hydrogen-bond acceptors (Lipinski definition) is 3. The zero-order valence-electron chi connectivity index (χ0n) is 15.3. The molecule has 150 valence electrons. The van der Waals surface area contributed by atoms with E-state index in [2.05, 4.69) is 22.3 Å². The van der Waals surface area contributed by atoms with Gasteiger partial charge in [0.15, 0.2) is 0 Å². The standard InChI is InChI=1S/C20H22F3N3O2/c21-20(22,23)16-6-7-19(28)26(13-16)14-18(27)24-17-8-10-25(11-9-17)12-15-4-2-1-3-5-15/h1-7,13,17H,8-12,14H2,(H,24,27). The van der Waals surface area contributed by atoms with Gasteiger partial charge in [-0.05, 0) is 24.5 Å². The summed E-state index contributed by atoms with van der Waals surface area (Å²) in [6, 6.07) is 11.6. The van der Waals surface area contributed by atoms with Crippen LogP contribution in [0.15, 0.2) is 53.5 Å². The third kappa shape index (κ3) is 5.45. The average Bonchev–Trinajstić information content (AvgIpc) is 2.65. The first-order valence-corrected chi connectivity index (χ1v) is 9.14. The number of benzene rings is 1. The Kier molecular flexibility index (Phi) is 6.18. The van der Waals surface area contributed by atoms with Gasteiger partial charge in [0.1, 0.15) is 6.54 Å². The van der Waals surface area contributed by atoms with Gasteiger partial charge >= 0.3 is 6.18 Å². The third-order valence-corrected chi connectivity index (χ3v) is 4.83. The van der Waals surface area contributed by atoms with Crippen molar-refractivity contribution in [3.05, 3.63) is 70.1 Å². The van der Waals surface area contributed by atoms with E-state index in [4.69, 9.17) is 0 Å². The van der Waals surface area contributed by atoms with Crippen LogP contribution in [0.4, 0.5) is 13.2 Å². The Balaban J connectivity index is 1.50. The van der Waals surface area contributed by atoms with Crippen LogP contribution in [0.3, 0.4) is 0 Å². The van der Waals surface area contributed by atoms with E-state index < -0.39 is 29.8 Å². The second kappa shape index (κ2) is 8.60. The van der Waals surface area contributed by atoms with Crippen LogP contribution < -0.4 is 10.9 Å². The molecule has 2 heterocycles. The molecule has 28 heavy (non-hydrogen) atoms. The molecule has 0 bridgehead atoms. The highest BCUT2D eigenvalue weighted by molar-refractivity contribution is 5.76. The molecule has 0 unspecified atom stereocenters. The van der Waals surface area contributed by atoms with Crippen molar-refractivity contribution < 1.29 is 18.0 Å². The van der Waals surface area contributed by atoms with E-state index in [1.807, 2.05) is 18.2 Å². The molecular weight excluding hydrogens is 371 g/mol. The molecule has 8 heteroatoms. The predicted octanol–water partition coefficient (Wildman–Crippen LogP) is 2.65. The highest BCUT2D eigenvalue weighted by Gasteiger charge is 2.31. The third-order valence-electron chi connectivity index (χ3n) is 4.83. The van der Waals surface area contributed by atoms with Crippen LogP contribution in [0.5, 0.6) is 0 Å². The van der Waals surface area contributed by atoms with E-state index in [-0.39, 0.29) is 6.04 Å². The molecule has 5 nitrogen and oxygen atoms in total. The van der Waals surface area contributed by atoms with E-state index in [0.29, 0.717) is 6.20 Å². The van der Waals surface area contributed by atoms with E-state index in [1.54, 1.807) is 0 Å². The highest BCUT2D eigenvalue weighted by Crippen LogP contribution is 2.28. The van der Waals surface area contributed by atoms with Crippen molar-refractivity contribution in [1.29, 1.82) is 0 Å². The smallest absolute Gasteiger partial charge is 0.352 e. The van der Waals surface area contributed by atoms with E-state index in [9.17, 15) is 22.8 Å². The van der Waals surface area contributed by atoms with Crippen molar-refractivity contribution in [3.63, 3.8) is 0 Å². The van der Waals surface area contributed by atoms with Crippen LogP contribution >= 0.6 is 0 Å². The highest BCUT2D eigenvalue weighted by atomic mass is 19.4. The lowest BCUT2D eigenvalue weighted by Gasteiger charge is -2.32. The first-order chi connectivity index (χ1) is 13.3. The molecule has 1 N–H and O–H groups in total. The molecular formula is C20H22F3N3O2. The molecule has 2 aromatic rings. The summed E-state index contributed by atoms with van der Waals surface area (Å²) >= 11 is 0. The van der Waals surface area contributed by atoms with Crippen molar-refractivity contribution >= 4 is 5.91 Å². The van der Waals surface area contributed by atoms with Gasteiger partial charge in [0.25, 0.3) is 5.56 Å².